The Morgan fingerprint density at radius 3 is 0.571 bits per heavy atom. The van der Waals surface area contributed by atoms with E-state index in [1.165, 1.54) is 0 Å². The predicted octanol–water partition coefficient (Wildman–Crippen LogP) is -3.72. The van der Waals surface area contributed by atoms with Crippen LogP contribution in [0.25, 0.3) is 0 Å². The summed E-state index contributed by atoms with van der Waals surface area (Å²) in [4.78, 5) is 24.8. The van der Waals surface area contributed by atoms with Crippen molar-refractivity contribution in [1.29, 1.82) is 0 Å². The predicted molar refractivity (Wildman–Crippen MR) is 31.1 cm³/mol. The average molecular weight is 315 g/mol. The molecule has 0 heterocycles. The van der Waals surface area contributed by atoms with Crippen molar-refractivity contribution >= 4 is 0 Å². The zero-order valence-electron chi connectivity index (χ0n) is 6.33. The van der Waals surface area contributed by atoms with Gasteiger partial charge in [-0.3, -0.25) is 0 Å². The van der Waals surface area contributed by atoms with Crippen molar-refractivity contribution < 1.29 is 65.2 Å². The van der Waals surface area contributed by atoms with Gasteiger partial charge >= 0.3 is 50.0 Å². The second kappa shape index (κ2) is 22.8. The van der Waals surface area contributed by atoms with Crippen LogP contribution in [0.2, 0.25) is 0 Å². The summed E-state index contributed by atoms with van der Waals surface area (Å²) in [5.41, 5.74) is 0. The van der Waals surface area contributed by atoms with Crippen LogP contribution < -0.4 is 29.6 Å². The Balaban J connectivity index is -0.0000000270. The van der Waals surface area contributed by atoms with Gasteiger partial charge < -0.3 is 46.0 Å². The second-order valence-corrected chi connectivity index (χ2v) is 0.671. The maximum atomic E-state index is 8.25. The third-order valence-corrected chi connectivity index (χ3v) is 0. The van der Waals surface area contributed by atoms with Crippen LogP contribution in [0.5, 0.6) is 0 Å². The third kappa shape index (κ3) is 2180. The van der Waals surface area contributed by atoms with E-state index in [4.69, 9.17) is 46.0 Å². The Hall–Kier alpha value is -0.738. The summed E-state index contributed by atoms with van der Waals surface area (Å²) in [6, 6.07) is 0. The first kappa shape index (κ1) is 29.2. The standard InChI is InChI=1S/3NO3.Na.Pd/c3*2-1(3)4;;/q3*-1;+1;+2. The van der Waals surface area contributed by atoms with E-state index in [9.17, 15) is 0 Å². The van der Waals surface area contributed by atoms with Gasteiger partial charge in [0.05, 0.1) is 15.3 Å². The zero-order valence-corrected chi connectivity index (χ0v) is 9.89. The number of nitrogens with zero attached hydrogens (tertiary/aromatic N) is 3. The van der Waals surface area contributed by atoms with Gasteiger partial charge in [0.2, 0.25) is 0 Å². The van der Waals surface area contributed by atoms with Crippen molar-refractivity contribution in [1.82, 2.24) is 0 Å². The van der Waals surface area contributed by atoms with Gasteiger partial charge in [-0.2, -0.15) is 0 Å². The molecule has 0 aliphatic heterocycles. The maximum Gasteiger partial charge on any atom is 2.00 e. The van der Waals surface area contributed by atoms with Crippen LogP contribution in [0.3, 0.4) is 0 Å². The summed E-state index contributed by atoms with van der Waals surface area (Å²) in [6.45, 7) is 0. The molecule has 0 aromatic carbocycles. The zero-order chi connectivity index (χ0) is 10.7. The molecule has 12 nitrogen and oxygen atoms in total. The molecule has 0 atom stereocenters. The molecule has 0 unspecified atom stereocenters. The molecule has 80 valence electrons. The van der Waals surface area contributed by atoms with Crippen molar-refractivity contribution in [3.05, 3.63) is 46.0 Å². The summed E-state index contributed by atoms with van der Waals surface area (Å²) in [5.74, 6) is 0. The quantitative estimate of drug-likeness (QED) is 0.245. The molecule has 0 aliphatic carbocycles. The van der Waals surface area contributed by atoms with Crippen LogP contribution in [0.1, 0.15) is 0 Å². The topological polar surface area (TPSA) is 199 Å². The minimum Gasteiger partial charge on any atom is -0.356 e. The normalized spacial score (nSPS) is 5.14. The molecule has 0 fully saturated rings. The molecule has 0 bridgehead atoms. The van der Waals surface area contributed by atoms with E-state index >= 15 is 0 Å². The van der Waals surface area contributed by atoms with Crippen molar-refractivity contribution in [3.63, 3.8) is 0 Å². The molecule has 14 heteroatoms. The molecular weight excluding hydrogens is 315 g/mol. The summed E-state index contributed by atoms with van der Waals surface area (Å²) < 4.78 is 0. The Morgan fingerprint density at radius 1 is 0.571 bits per heavy atom. The average Bonchev–Trinajstić information content (AvgIpc) is 1.54. The second-order valence-electron chi connectivity index (χ2n) is 0.671. The summed E-state index contributed by atoms with van der Waals surface area (Å²) in [5, 5.41) is 44.2. The van der Waals surface area contributed by atoms with E-state index in [-0.39, 0.29) is 50.0 Å². The van der Waals surface area contributed by atoms with Gasteiger partial charge in [0, 0.05) is 0 Å². The van der Waals surface area contributed by atoms with Gasteiger partial charge in [-0.25, -0.2) is 0 Å². The van der Waals surface area contributed by atoms with E-state index < -0.39 is 15.3 Å². The van der Waals surface area contributed by atoms with E-state index in [2.05, 4.69) is 0 Å². The largest absolute Gasteiger partial charge is 2.00 e. The van der Waals surface area contributed by atoms with E-state index in [1.807, 2.05) is 0 Å². The number of rotatable bonds is 0. The fraction of sp³-hybridized carbons (Fsp3) is 0. The fourth-order valence-corrected chi connectivity index (χ4v) is 0. The van der Waals surface area contributed by atoms with Gasteiger partial charge in [0.1, 0.15) is 0 Å². The van der Waals surface area contributed by atoms with Gasteiger partial charge in [-0.1, -0.05) is 0 Å². The van der Waals surface area contributed by atoms with Gasteiger partial charge in [-0.15, -0.1) is 0 Å². The Labute approximate surface area is 111 Å². The minimum atomic E-state index is -1.75. The molecule has 0 aliphatic rings. The Bertz CT molecular complexity index is 118. The van der Waals surface area contributed by atoms with Crippen molar-refractivity contribution in [2.45, 2.75) is 0 Å². The summed E-state index contributed by atoms with van der Waals surface area (Å²) in [7, 11) is 0. The summed E-state index contributed by atoms with van der Waals surface area (Å²) in [6.07, 6.45) is 0. The monoisotopic (exact) mass is 315 g/mol. The molecule has 0 aromatic heterocycles. The minimum absolute atomic E-state index is 0. The van der Waals surface area contributed by atoms with Crippen molar-refractivity contribution in [2.75, 3.05) is 0 Å². The molecule has 0 saturated heterocycles. The smallest absolute Gasteiger partial charge is 0.356 e. The Morgan fingerprint density at radius 2 is 0.571 bits per heavy atom. The Kier molecular flexibility index (Phi) is 47.5. The molecule has 0 spiro atoms. The molecule has 0 rings (SSSR count). The van der Waals surface area contributed by atoms with Crippen molar-refractivity contribution in [3.8, 4) is 0 Å². The van der Waals surface area contributed by atoms with E-state index in [0.717, 1.165) is 0 Å². The molecule has 14 heavy (non-hydrogen) atoms. The number of hydrogen-bond donors (Lipinski definition) is 0. The third-order valence-electron chi connectivity index (χ3n) is 0. The first-order valence-electron chi connectivity index (χ1n) is 1.64. The van der Waals surface area contributed by atoms with Crippen LogP contribution in [-0.2, 0) is 20.4 Å². The van der Waals surface area contributed by atoms with Gasteiger partial charge in [0.25, 0.3) is 0 Å². The van der Waals surface area contributed by atoms with Gasteiger partial charge in [0.15, 0.2) is 0 Å². The first-order valence-corrected chi connectivity index (χ1v) is 1.64. The van der Waals surface area contributed by atoms with Crippen LogP contribution in [0.15, 0.2) is 0 Å². The molecule has 0 aromatic rings. The molecule has 0 saturated carbocycles. The van der Waals surface area contributed by atoms with E-state index in [0.29, 0.717) is 0 Å². The van der Waals surface area contributed by atoms with E-state index in [1.54, 1.807) is 0 Å². The SMILES string of the molecule is O=[N+]([O-])[O-].O=[N+]([O-])[O-].O=[N+]([O-])[O-].[Na+].[Pd+2]. The van der Waals surface area contributed by atoms with Crippen molar-refractivity contribution in [2.24, 2.45) is 0 Å². The molecule has 0 amide bonds. The van der Waals surface area contributed by atoms with Crippen LogP contribution in [0.4, 0.5) is 0 Å². The van der Waals surface area contributed by atoms with Gasteiger partial charge in [-0.05, 0) is 0 Å². The van der Waals surface area contributed by atoms with Crippen LogP contribution in [-0.4, -0.2) is 15.3 Å². The number of hydrogen-bond acceptors (Lipinski definition) is 9. The molecule has 0 N–H and O–H groups in total. The summed E-state index contributed by atoms with van der Waals surface area (Å²) >= 11 is 0. The maximum absolute atomic E-state index is 8.25. The van der Waals surface area contributed by atoms with Crippen LogP contribution in [0, 0.1) is 46.0 Å². The molecular formula is N3NaO9Pd. The first-order chi connectivity index (χ1) is 5.20. The molecule has 0 radical (unpaired) electrons. The van der Waals surface area contributed by atoms with Crippen LogP contribution >= 0.6 is 0 Å². The fourth-order valence-electron chi connectivity index (χ4n) is 0.